The van der Waals surface area contributed by atoms with Gasteiger partial charge in [-0.25, -0.2) is 0 Å². The number of carbonyl (C=O) groups excluding carboxylic acids is 1. The number of ether oxygens (including phenoxy) is 1. The number of carbonyl (C=O) groups is 1. The fraction of sp³-hybridized carbons (Fsp3) is 0.944. The maximum atomic E-state index is 12.5. The number of aliphatic hydroxyl groups is 2. The summed E-state index contributed by atoms with van der Waals surface area (Å²) in [7, 11) is 0. The number of aliphatic hydroxyl groups excluding tert-OH is 2. The zero-order valence-corrected chi connectivity index (χ0v) is 15.2. The molecule has 0 radical (unpaired) electrons. The summed E-state index contributed by atoms with van der Waals surface area (Å²) < 4.78 is 5.37. The van der Waals surface area contributed by atoms with Gasteiger partial charge >= 0.3 is 0 Å². The highest BCUT2D eigenvalue weighted by Crippen LogP contribution is 2.17. The smallest absolute Gasteiger partial charge is 0.223 e. The Bertz CT molecular complexity index is 421. The van der Waals surface area contributed by atoms with Crippen LogP contribution in [0.5, 0.6) is 0 Å². The molecule has 3 aliphatic heterocycles. The van der Waals surface area contributed by atoms with Gasteiger partial charge in [0.05, 0.1) is 25.4 Å². The van der Waals surface area contributed by atoms with E-state index < -0.39 is 12.2 Å². The first-order valence-corrected chi connectivity index (χ1v) is 9.83. The van der Waals surface area contributed by atoms with Crippen LogP contribution in [-0.2, 0) is 9.53 Å². The van der Waals surface area contributed by atoms with Crippen LogP contribution in [0, 0.1) is 0 Å². The molecule has 3 heterocycles. The van der Waals surface area contributed by atoms with E-state index in [1.54, 1.807) is 0 Å². The van der Waals surface area contributed by atoms with Gasteiger partial charge in [0.2, 0.25) is 5.91 Å². The lowest BCUT2D eigenvalue weighted by Gasteiger charge is -2.43. The Morgan fingerprint density at radius 2 is 1.60 bits per heavy atom. The summed E-state index contributed by atoms with van der Waals surface area (Å²) in [5.41, 5.74) is 0. The minimum absolute atomic E-state index is 0.168. The van der Waals surface area contributed by atoms with Gasteiger partial charge in [0.15, 0.2) is 0 Å². The molecule has 2 N–H and O–H groups in total. The van der Waals surface area contributed by atoms with Crippen LogP contribution in [0.1, 0.15) is 32.1 Å². The number of amides is 1. The van der Waals surface area contributed by atoms with Crippen LogP contribution in [0.3, 0.4) is 0 Å². The molecule has 0 aliphatic carbocycles. The van der Waals surface area contributed by atoms with E-state index in [0.29, 0.717) is 26.1 Å². The zero-order valence-electron chi connectivity index (χ0n) is 15.2. The molecule has 0 aromatic carbocycles. The van der Waals surface area contributed by atoms with Crippen LogP contribution in [-0.4, -0.2) is 108 Å². The molecule has 3 aliphatic rings. The molecule has 7 heteroatoms. The van der Waals surface area contributed by atoms with Gasteiger partial charge in [-0.15, -0.1) is 0 Å². The Morgan fingerprint density at radius 1 is 0.920 bits per heavy atom. The first-order chi connectivity index (χ1) is 12.1. The van der Waals surface area contributed by atoms with E-state index >= 15 is 0 Å². The Labute approximate surface area is 150 Å². The second-order valence-electron chi connectivity index (χ2n) is 7.59. The highest BCUT2D eigenvalue weighted by Gasteiger charge is 2.37. The van der Waals surface area contributed by atoms with E-state index in [1.165, 1.54) is 25.7 Å². The Morgan fingerprint density at radius 3 is 2.28 bits per heavy atom. The standard InChI is InChI=1S/C18H33N3O4/c22-16-14-25-13-15(18(16)24)20-9-11-21(12-10-20)17(23)5-8-19-6-3-1-2-4-7-19/h15-16,18,22,24H,1-14H2/t15-,16-,18+/m1/s1. The minimum Gasteiger partial charge on any atom is -0.389 e. The summed E-state index contributed by atoms with van der Waals surface area (Å²) in [5, 5.41) is 19.9. The van der Waals surface area contributed by atoms with Crippen LogP contribution in [0.25, 0.3) is 0 Å². The molecule has 0 aromatic rings. The monoisotopic (exact) mass is 355 g/mol. The van der Waals surface area contributed by atoms with Gasteiger partial charge in [-0.1, -0.05) is 12.8 Å². The van der Waals surface area contributed by atoms with E-state index in [1.807, 2.05) is 4.90 Å². The molecule has 3 atom stereocenters. The number of hydrogen-bond donors (Lipinski definition) is 2. The first kappa shape index (κ1) is 19.0. The predicted molar refractivity (Wildman–Crippen MR) is 94.3 cm³/mol. The molecule has 3 fully saturated rings. The summed E-state index contributed by atoms with van der Waals surface area (Å²) >= 11 is 0. The average molecular weight is 355 g/mol. The predicted octanol–water partition coefficient (Wildman–Crippen LogP) is -0.483. The average Bonchev–Trinajstić information content (AvgIpc) is 2.91. The summed E-state index contributed by atoms with van der Waals surface area (Å²) in [5.74, 6) is 0.240. The highest BCUT2D eigenvalue weighted by atomic mass is 16.5. The minimum atomic E-state index is -0.813. The molecule has 3 rings (SSSR count). The third-order valence-electron chi connectivity index (χ3n) is 5.84. The summed E-state index contributed by atoms with van der Waals surface area (Å²) in [6.45, 7) is 6.62. The third kappa shape index (κ3) is 5.14. The van der Waals surface area contributed by atoms with Crippen molar-refractivity contribution in [1.82, 2.24) is 14.7 Å². The van der Waals surface area contributed by atoms with Crippen molar-refractivity contribution >= 4 is 5.91 Å². The molecule has 7 nitrogen and oxygen atoms in total. The normalized spacial score (nSPS) is 33.2. The molecule has 1 amide bonds. The lowest BCUT2D eigenvalue weighted by atomic mass is 10.0. The second kappa shape index (κ2) is 9.28. The van der Waals surface area contributed by atoms with Gasteiger partial charge in [0.25, 0.3) is 0 Å². The van der Waals surface area contributed by atoms with E-state index in [2.05, 4.69) is 9.80 Å². The van der Waals surface area contributed by atoms with Crippen molar-refractivity contribution in [3.05, 3.63) is 0 Å². The molecule has 0 bridgehead atoms. The third-order valence-corrected chi connectivity index (χ3v) is 5.84. The quantitative estimate of drug-likeness (QED) is 0.709. The van der Waals surface area contributed by atoms with Gasteiger partial charge in [-0.2, -0.15) is 0 Å². The zero-order chi connectivity index (χ0) is 17.6. The van der Waals surface area contributed by atoms with Crippen molar-refractivity contribution in [2.24, 2.45) is 0 Å². The molecule has 3 saturated heterocycles. The van der Waals surface area contributed by atoms with E-state index in [9.17, 15) is 15.0 Å². The number of likely N-dealkylation sites (tertiary alicyclic amines) is 1. The molecule has 0 saturated carbocycles. The lowest BCUT2D eigenvalue weighted by Crippen LogP contribution is -2.60. The Hall–Kier alpha value is -0.730. The topological polar surface area (TPSA) is 76.5 Å². The Kier molecular flexibility index (Phi) is 7.07. The van der Waals surface area contributed by atoms with Crippen molar-refractivity contribution in [2.75, 3.05) is 59.0 Å². The number of rotatable bonds is 4. The van der Waals surface area contributed by atoms with Crippen molar-refractivity contribution in [2.45, 2.75) is 50.4 Å². The van der Waals surface area contributed by atoms with Crippen molar-refractivity contribution in [3.63, 3.8) is 0 Å². The number of piperazine rings is 1. The van der Waals surface area contributed by atoms with Crippen molar-refractivity contribution in [3.8, 4) is 0 Å². The van der Waals surface area contributed by atoms with Crippen LogP contribution in [0.4, 0.5) is 0 Å². The fourth-order valence-electron chi connectivity index (χ4n) is 4.16. The molecular weight excluding hydrogens is 322 g/mol. The number of nitrogens with zero attached hydrogens (tertiary/aromatic N) is 3. The maximum absolute atomic E-state index is 12.5. The van der Waals surface area contributed by atoms with Gasteiger partial charge in [-0.3, -0.25) is 9.69 Å². The largest absolute Gasteiger partial charge is 0.389 e. The van der Waals surface area contributed by atoms with Gasteiger partial charge in [0.1, 0.15) is 6.10 Å². The van der Waals surface area contributed by atoms with Gasteiger partial charge in [0, 0.05) is 39.1 Å². The molecular formula is C18H33N3O4. The molecule has 144 valence electrons. The second-order valence-corrected chi connectivity index (χ2v) is 7.59. The molecule has 0 spiro atoms. The molecule has 0 unspecified atom stereocenters. The van der Waals surface area contributed by atoms with Crippen LogP contribution < -0.4 is 0 Å². The fourth-order valence-corrected chi connectivity index (χ4v) is 4.16. The summed E-state index contributed by atoms with van der Waals surface area (Å²) in [4.78, 5) is 19.0. The van der Waals surface area contributed by atoms with Gasteiger partial charge < -0.3 is 24.7 Å². The van der Waals surface area contributed by atoms with Gasteiger partial charge in [-0.05, 0) is 25.9 Å². The van der Waals surface area contributed by atoms with E-state index in [4.69, 9.17) is 4.74 Å². The summed E-state index contributed by atoms with van der Waals surface area (Å²) in [6, 6.07) is -0.168. The Balaban J connectivity index is 1.40. The van der Waals surface area contributed by atoms with Crippen LogP contribution in [0.15, 0.2) is 0 Å². The molecule has 25 heavy (non-hydrogen) atoms. The SMILES string of the molecule is O=C(CCN1CCCCCC1)N1CCN([C@@H]2COC[C@@H](O)[C@H]2O)CC1. The highest BCUT2D eigenvalue weighted by molar-refractivity contribution is 5.76. The first-order valence-electron chi connectivity index (χ1n) is 9.83. The van der Waals surface area contributed by atoms with Crippen molar-refractivity contribution < 1.29 is 19.7 Å². The van der Waals surface area contributed by atoms with E-state index in [0.717, 1.165) is 32.7 Å². The van der Waals surface area contributed by atoms with Crippen LogP contribution >= 0.6 is 0 Å². The lowest BCUT2D eigenvalue weighted by molar-refractivity contribution is -0.145. The molecule has 0 aromatic heterocycles. The van der Waals surface area contributed by atoms with Crippen LogP contribution in [0.2, 0.25) is 0 Å². The maximum Gasteiger partial charge on any atom is 0.223 e. The number of hydrogen-bond acceptors (Lipinski definition) is 6. The van der Waals surface area contributed by atoms with Crippen molar-refractivity contribution in [1.29, 1.82) is 0 Å². The van der Waals surface area contributed by atoms with E-state index in [-0.39, 0.29) is 18.6 Å². The summed E-state index contributed by atoms with van der Waals surface area (Å²) in [6.07, 6.45) is 4.17.